The molecule has 0 saturated carbocycles. The molecule has 0 aliphatic carbocycles. The molecule has 0 saturated heterocycles. The van der Waals surface area contributed by atoms with E-state index in [0.29, 0.717) is 0 Å². The summed E-state index contributed by atoms with van der Waals surface area (Å²) >= 11 is 1.39. The second-order valence-electron chi connectivity index (χ2n) is 2.03. The topological polar surface area (TPSA) is 38.7 Å². The zero-order chi connectivity index (χ0) is 6.97. The van der Waals surface area contributed by atoms with E-state index in [2.05, 4.69) is 14.3 Å². The lowest BCUT2D eigenvalue weighted by Gasteiger charge is -1.87. The van der Waals surface area contributed by atoms with Crippen molar-refractivity contribution < 1.29 is 0 Å². The summed E-state index contributed by atoms with van der Waals surface area (Å²) in [6.45, 7) is 1.91. The average molecular weight is 151 g/mol. The number of fused-ring (bicyclic) bond motifs is 1. The van der Waals surface area contributed by atoms with Crippen molar-refractivity contribution >= 4 is 22.7 Å². The second-order valence-corrected chi connectivity index (χ2v) is 2.66. The SMILES string of the molecule is Cc1cnc2csnc2n1. The van der Waals surface area contributed by atoms with Gasteiger partial charge in [-0.05, 0) is 18.5 Å². The van der Waals surface area contributed by atoms with E-state index in [1.807, 2.05) is 12.3 Å². The molecule has 0 aliphatic rings. The molecule has 2 aromatic rings. The first-order chi connectivity index (χ1) is 4.86. The van der Waals surface area contributed by atoms with Crippen LogP contribution >= 0.6 is 11.5 Å². The van der Waals surface area contributed by atoms with Crippen LogP contribution in [0.4, 0.5) is 0 Å². The minimum Gasteiger partial charge on any atom is -0.250 e. The summed E-state index contributed by atoms with van der Waals surface area (Å²) in [5.74, 6) is 0. The third kappa shape index (κ3) is 0.769. The Balaban J connectivity index is 2.86. The van der Waals surface area contributed by atoms with Gasteiger partial charge in [0.15, 0.2) is 5.65 Å². The van der Waals surface area contributed by atoms with Crippen LogP contribution in [0.25, 0.3) is 11.2 Å². The van der Waals surface area contributed by atoms with Gasteiger partial charge in [-0.15, -0.1) is 0 Å². The second kappa shape index (κ2) is 1.98. The number of aromatic nitrogens is 3. The average Bonchev–Trinajstić information content (AvgIpc) is 2.33. The van der Waals surface area contributed by atoms with Crippen LogP contribution in [0.1, 0.15) is 5.69 Å². The molecular formula is C6H5N3S. The van der Waals surface area contributed by atoms with Crippen LogP contribution in [0.3, 0.4) is 0 Å². The molecule has 2 aromatic heterocycles. The number of rotatable bonds is 0. The molecule has 2 heterocycles. The van der Waals surface area contributed by atoms with Crippen LogP contribution in [0.15, 0.2) is 11.6 Å². The van der Waals surface area contributed by atoms with Crippen molar-refractivity contribution in [2.45, 2.75) is 6.92 Å². The summed E-state index contributed by atoms with van der Waals surface area (Å²) in [5.41, 5.74) is 2.55. The standard InChI is InChI=1S/C6H5N3S/c1-4-2-7-5-3-10-9-6(5)8-4/h2-3H,1H3. The fraction of sp³-hybridized carbons (Fsp3) is 0.167. The van der Waals surface area contributed by atoms with E-state index >= 15 is 0 Å². The van der Waals surface area contributed by atoms with Gasteiger partial charge in [-0.25, -0.2) is 4.98 Å². The van der Waals surface area contributed by atoms with E-state index in [0.717, 1.165) is 16.9 Å². The summed E-state index contributed by atoms with van der Waals surface area (Å²) in [7, 11) is 0. The molecule has 0 radical (unpaired) electrons. The first kappa shape index (κ1) is 5.73. The highest BCUT2D eigenvalue weighted by atomic mass is 32.1. The molecule has 0 amide bonds. The van der Waals surface area contributed by atoms with Gasteiger partial charge in [-0.1, -0.05) is 0 Å². The molecule has 0 aromatic carbocycles. The van der Waals surface area contributed by atoms with Crippen molar-refractivity contribution in [3.63, 3.8) is 0 Å². The Morgan fingerprint density at radius 2 is 2.40 bits per heavy atom. The van der Waals surface area contributed by atoms with Crippen LogP contribution in [-0.2, 0) is 0 Å². The highest BCUT2D eigenvalue weighted by Gasteiger charge is 1.96. The molecule has 4 heteroatoms. The largest absolute Gasteiger partial charge is 0.250 e. The highest BCUT2D eigenvalue weighted by Crippen LogP contribution is 2.08. The van der Waals surface area contributed by atoms with Crippen molar-refractivity contribution in [2.24, 2.45) is 0 Å². The fourth-order valence-electron chi connectivity index (χ4n) is 0.750. The normalized spacial score (nSPS) is 10.5. The lowest BCUT2D eigenvalue weighted by molar-refractivity contribution is 1.17. The van der Waals surface area contributed by atoms with Crippen molar-refractivity contribution in [1.82, 2.24) is 14.3 Å². The van der Waals surface area contributed by atoms with E-state index in [4.69, 9.17) is 0 Å². The van der Waals surface area contributed by atoms with Crippen molar-refractivity contribution in [3.8, 4) is 0 Å². The molecule has 0 bridgehead atoms. The Morgan fingerprint density at radius 3 is 3.30 bits per heavy atom. The van der Waals surface area contributed by atoms with Gasteiger partial charge in [0, 0.05) is 11.6 Å². The molecule has 0 atom stereocenters. The fourth-order valence-corrected chi connectivity index (χ4v) is 1.30. The molecule has 10 heavy (non-hydrogen) atoms. The van der Waals surface area contributed by atoms with Gasteiger partial charge in [-0.2, -0.15) is 4.37 Å². The first-order valence-electron chi connectivity index (χ1n) is 2.90. The van der Waals surface area contributed by atoms with Gasteiger partial charge in [0.2, 0.25) is 0 Å². The van der Waals surface area contributed by atoms with Crippen molar-refractivity contribution in [3.05, 3.63) is 17.3 Å². The minimum atomic E-state index is 0.755. The number of hydrogen-bond donors (Lipinski definition) is 0. The summed E-state index contributed by atoms with van der Waals surface area (Å²) in [6, 6.07) is 0. The van der Waals surface area contributed by atoms with Gasteiger partial charge in [0.05, 0.1) is 5.69 Å². The maximum absolute atomic E-state index is 4.17. The Morgan fingerprint density at radius 1 is 1.50 bits per heavy atom. The van der Waals surface area contributed by atoms with E-state index in [9.17, 15) is 0 Å². The van der Waals surface area contributed by atoms with E-state index in [1.165, 1.54) is 11.5 Å². The van der Waals surface area contributed by atoms with Gasteiger partial charge >= 0.3 is 0 Å². The van der Waals surface area contributed by atoms with Crippen LogP contribution in [0.2, 0.25) is 0 Å². The summed E-state index contributed by atoms with van der Waals surface area (Å²) in [5, 5.41) is 1.89. The van der Waals surface area contributed by atoms with Gasteiger partial charge < -0.3 is 0 Å². The third-order valence-corrected chi connectivity index (χ3v) is 1.81. The first-order valence-corrected chi connectivity index (χ1v) is 3.73. The molecule has 0 N–H and O–H groups in total. The summed E-state index contributed by atoms with van der Waals surface area (Å²) < 4.78 is 4.05. The van der Waals surface area contributed by atoms with Crippen molar-refractivity contribution in [2.75, 3.05) is 0 Å². The quantitative estimate of drug-likeness (QED) is 0.571. The summed E-state index contributed by atoms with van der Waals surface area (Å²) in [6.07, 6.45) is 1.75. The zero-order valence-electron chi connectivity index (χ0n) is 5.40. The maximum atomic E-state index is 4.17. The van der Waals surface area contributed by atoms with Gasteiger partial charge in [0.1, 0.15) is 5.52 Å². The number of nitrogens with zero attached hydrogens (tertiary/aromatic N) is 3. The minimum absolute atomic E-state index is 0.755. The lowest BCUT2D eigenvalue weighted by Crippen LogP contribution is -1.83. The van der Waals surface area contributed by atoms with Crippen LogP contribution in [-0.4, -0.2) is 14.3 Å². The molecule has 2 rings (SSSR count). The Bertz CT molecular complexity index is 355. The van der Waals surface area contributed by atoms with Crippen LogP contribution in [0.5, 0.6) is 0 Å². The molecule has 0 fully saturated rings. The molecule has 0 spiro atoms. The van der Waals surface area contributed by atoms with Crippen LogP contribution < -0.4 is 0 Å². The van der Waals surface area contributed by atoms with Gasteiger partial charge in [0.25, 0.3) is 0 Å². The lowest BCUT2D eigenvalue weighted by atomic mass is 10.5. The number of aryl methyl sites for hydroxylation is 1. The summed E-state index contributed by atoms with van der Waals surface area (Å²) in [4.78, 5) is 8.30. The predicted octanol–water partition coefficient (Wildman–Crippen LogP) is 1.39. The molecule has 3 nitrogen and oxygen atoms in total. The third-order valence-electron chi connectivity index (χ3n) is 1.21. The van der Waals surface area contributed by atoms with Crippen LogP contribution in [0, 0.1) is 6.92 Å². The zero-order valence-corrected chi connectivity index (χ0v) is 6.22. The van der Waals surface area contributed by atoms with Gasteiger partial charge in [-0.3, -0.25) is 4.98 Å². The van der Waals surface area contributed by atoms with E-state index in [-0.39, 0.29) is 0 Å². The Kier molecular flexibility index (Phi) is 1.14. The predicted molar refractivity (Wildman–Crippen MR) is 39.9 cm³/mol. The van der Waals surface area contributed by atoms with E-state index < -0.39 is 0 Å². The molecular weight excluding hydrogens is 146 g/mol. The number of hydrogen-bond acceptors (Lipinski definition) is 4. The molecule has 50 valence electrons. The monoisotopic (exact) mass is 151 g/mol. The van der Waals surface area contributed by atoms with E-state index in [1.54, 1.807) is 6.20 Å². The smallest absolute Gasteiger partial charge is 0.191 e. The Labute approximate surface area is 61.9 Å². The Hall–Kier alpha value is -1.03. The highest BCUT2D eigenvalue weighted by molar-refractivity contribution is 7.04. The molecule has 0 aliphatic heterocycles. The maximum Gasteiger partial charge on any atom is 0.191 e. The molecule has 0 unspecified atom stereocenters. The van der Waals surface area contributed by atoms with Crippen molar-refractivity contribution in [1.29, 1.82) is 0 Å².